The van der Waals surface area contributed by atoms with Gasteiger partial charge in [0.1, 0.15) is 0 Å². The summed E-state index contributed by atoms with van der Waals surface area (Å²) in [4.78, 5) is 21.9. The lowest BCUT2D eigenvalue weighted by atomic mass is 10.2. The molecule has 5 nitrogen and oxygen atoms in total. The van der Waals surface area contributed by atoms with Crippen molar-refractivity contribution >= 4 is 29.3 Å². The van der Waals surface area contributed by atoms with Crippen molar-refractivity contribution in [3.05, 3.63) is 28.8 Å². The number of amides is 2. The highest BCUT2D eigenvalue weighted by atomic mass is 35.5. The minimum Gasteiger partial charge on any atom is -0.440 e. The molecule has 0 aliphatic heterocycles. The summed E-state index contributed by atoms with van der Waals surface area (Å²) in [6.45, 7) is -1.70. The molecule has 0 saturated carbocycles. The fraction of sp³-hybridized carbons (Fsp3) is 0.200. The zero-order valence-electron chi connectivity index (χ0n) is 9.25. The van der Waals surface area contributed by atoms with Gasteiger partial charge in [0.05, 0.1) is 10.6 Å². The number of ether oxygens (including phenoxy) is 1. The van der Waals surface area contributed by atoms with Gasteiger partial charge in [0.2, 0.25) is 5.91 Å². The second-order valence-corrected chi connectivity index (χ2v) is 3.78. The summed E-state index contributed by atoms with van der Waals surface area (Å²) < 4.78 is 39.3. The lowest BCUT2D eigenvalue weighted by molar-refractivity contribution is -0.159. The van der Waals surface area contributed by atoms with E-state index in [-0.39, 0.29) is 16.3 Å². The van der Waals surface area contributed by atoms with Crippen LogP contribution in [0.5, 0.6) is 0 Å². The van der Waals surface area contributed by atoms with E-state index in [9.17, 15) is 22.8 Å². The predicted molar refractivity (Wildman–Crippen MR) is 61.0 cm³/mol. The summed E-state index contributed by atoms with van der Waals surface area (Å²) >= 11 is 5.68. The summed E-state index contributed by atoms with van der Waals surface area (Å²) in [6, 6.07) is 3.64. The number of rotatable bonds is 3. The van der Waals surface area contributed by atoms with E-state index in [0.717, 1.165) is 6.07 Å². The molecule has 19 heavy (non-hydrogen) atoms. The van der Waals surface area contributed by atoms with Gasteiger partial charge in [-0.05, 0) is 18.2 Å². The van der Waals surface area contributed by atoms with Crippen molar-refractivity contribution in [2.24, 2.45) is 5.73 Å². The number of hydrogen-bond acceptors (Lipinski definition) is 3. The number of primary amides is 1. The molecule has 0 unspecified atom stereocenters. The number of carbonyl (C=O) groups is 2. The molecule has 0 aromatic heterocycles. The quantitative estimate of drug-likeness (QED) is 0.899. The number of carbonyl (C=O) groups excluding carboxylic acids is 2. The molecule has 0 bridgehead atoms. The van der Waals surface area contributed by atoms with E-state index in [4.69, 9.17) is 17.3 Å². The SMILES string of the molecule is NC(=O)c1ccc(NC(=O)OCC(F)(F)F)cc1Cl. The van der Waals surface area contributed by atoms with Gasteiger partial charge in [-0.2, -0.15) is 13.2 Å². The van der Waals surface area contributed by atoms with E-state index >= 15 is 0 Å². The fourth-order valence-electron chi connectivity index (χ4n) is 1.09. The molecule has 0 spiro atoms. The number of nitrogens with one attached hydrogen (secondary N) is 1. The van der Waals surface area contributed by atoms with Crippen LogP contribution in [-0.2, 0) is 4.74 Å². The molecule has 0 saturated heterocycles. The van der Waals surface area contributed by atoms with Crippen molar-refractivity contribution in [1.29, 1.82) is 0 Å². The first-order chi connectivity index (χ1) is 8.69. The van der Waals surface area contributed by atoms with Gasteiger partial charge in [0, 0.05) is 5.69 Å². The van der Waals surface area contributed by atoms with E-state index in [1.54, 1.807) is 0 Å². The highest BCUT2D eigenvalue weighted by Crippen LogP contribution is 2.21. The molecule has 0 heterocycles. The van der Waals surface area contributed by atoms with E-state index in [2.05, 4.69) is 4.74 Å². The molecule has 9 heteroatoms. The summed E-state index contributed by atoms with van der Waals surface area (Å²) in [5.74, 6) is -0.767. The average molecular weight is 297 g/mol. The number of benzene rings is 1. The maximum absolute atomic E-state index is 11.8. The first-order valence-electron chi connectivity index (χ1n) is 4.79. The van der Waals surface area contributed by atoms with Gasteiger partial charge in [-0.3, -0.25) is 10.1 Å². The molecule has 1 aromatic carbocycles. The van der Waals surface area contributed by atoms with E-state index in [1.165, 1.54) is 12.1 Å². The molecule has 0 fully saturated rings. The van der Waals surface area contributed by atoms with Gasteiger partial charge in [0.15, 0.2) is 6.61 Å². The third-order valence-electron chi connectivity index (χ3n) is 1.85. The molecule has 0 aliphatic carbocycles. The van der Waals surface area contributed by atoms with Crippen LogP contribution in [0.2, 0.25) is 5.02 Å². The van der Waals surface area contributed by atoms with Crippen molar-refractivity contribution in [1.82, 2.24) is 0 Å². The third-order valence-corrected chi connectivity index (χ3v) is 2.16. The summed E-state index contributed by atoms with van der Waals surface area (Å²) in [5.41, 5.74) is 5.10. The maximum atomic E-state index is 11.8. The van der Waals surface area contributed by atoms with Crippen LogP contribution in [0, 0.1) is 0 Å². The van der Waals surface area contributed by atoms with E-state index in [1.807, 2.05) is 5.32 Å². The van der Waals surface area contributed by atoms with Crippen LogP contribution < -0.4 is 11.1 Å². The second kappa shape index (κ2) is 5.79. The number of halogens is 4. The Bertz CT molecular complexity index is 505. The summed E-state index contributed by atoms with van der Waals surface area (Å²) in [6.07, 6.45) is -5.90. The second-order valence-electron chi connectivity index (χ2n) is 3.38. The Morgan fingerprint density at radius 1 is 1.37 bits per heavy atom. The highest BCUT2D eigenvalue weighted by molar-refractivity contribution is 6.34. The Hall–Kier alpha value is -1.96. The van der Waals surface area contributed by atoms with Crippen LogP contribution >= 0.6 is 11.6 Å². The Labute approximate surface area is 110 Å². The zero-order valence-corrected chi connectivity index (χ0v) is 10.0. The Balaban J connectivity index is 2.65. The monoisotopic (exact) mass is 296 g/mol. The first kappa shape index (κ1) is 15.1. The van der Waals surface area contributed by atoms with Crippen molar-refractivity contribution < 1.29 is 27.5 Å². The number of alkyl halides is 3. The molecule has 0 radical (unpaired) electrons. The van der Waals surface area contributed by atoms with Gasteiger partial charge in [-0.25, -0.2) is 4.79 Å². The highest BCUT2D eigenvalue weighted by Gasteiger charge is 2.29. The Kier molecular flexibility index (Phi) is 4.60. The minimum absolute atomic E-state index is 0.0240. The molecule has 0 atom stereocenters. The van der Waals surface area contributed by atoms with Crippen molar-refractivity contribution in [2.45, 2.75) is 6.18 Å². The molecule has 2 amide bonds. The van der Waals surface area contributed by atoms with Gasteiger partial charge < -0.3 is 10.5 Å². The zero-order chi connectivity index (χ0) is 14.6. The van der Waals surface area contributed by atoms with Crippen molar-refractivity contribution in [2.75, 3.05) is 11.9 Å². The van der Waals surface area contributed by atoms with E-state index in [0.29, 0.717) is 0 Å². The third kappa shape index (κ3) is 5.04. The number of anilines is 1. The Morgan fingerprint density at radius 3 is 2.47 bits per heavy atom. The maximum Gasteiger partial charge on any atom is 0.422 e. The van der Waals surface area contributed by atoms with Crippen LogP contribution in [0.15, 0.2) is 18.2 Å². The minimum atomic E-state index is -4.61. The van der Waals surface area contributed by atoms with Crippen LogP contribution in [0.1, 0.15) is 10.4 Å². The van der Waals surface area contributed by atoms with E-state index < -0.39 is 24.8 Å². The van der Waals surface area contributed by atoms with Gasteiger partial charge in [-0.15, -0.1) is 0 Å². The van der Waals surface area contributed by atoms with Crippen molar-refractivity contribution in [3.63, 3.8) is 0 Å². The van der Waals surface area contributed by atoms with Crippen LogP contribution in [0.3, 0.4) is 0 Å². The van der Waals surface area contributed by atoms with Gasteiger partial charge in [0.25, 0.3) is 0 Å². The van der Waals surface area contributed by atoms with Crippen molar-refractivity contribution in [3.8, 4) is 0 Å². The van der Waals surface area contributed by atoms with Crippen LogP contribution in [0.4, 0.5) is 23.7 Å². The fourth-order valence-corrected chi connectivity index (χ4v) is 1.37. The first-order valence-corrected chi connectivity index (χ1v) is 5.17. The summed E-state index contributed by atoms with van der Waals surface area (Å²) in [7, 11) is 0. The number of nitrogens with two attached hydrogens (primary N) is 1. The molecule has 1 aromatic rings. The largest absolute Gasteiger partial charge is 0.440 e. The van der Waals surface area contributed by atoms with Crippen LogP contribution in [0.25, 0.3) is 0 Å². The lowest BCUT2D eigenvalue weighted by Gasteiger charge is -2.09. The van der Waals surface area contributed by atoms with Gasteiger partial charge in [-0.1, -0.05) is 11.6 Å². The number of hydrogen-bond donors (Lipinski definition) is 2. The summed E-state index contributed by atoms with van der Waals surface area (Å²) in [5, 5.41) is 1.98. The molecule has 1 rings (SSSR count). The Morgan fingerprint density at radius 2 is 2.00 bits per heavy atom. The normalized spacial score (nSPS) is 10.9. The topological polar surface area (TPSA) is 81.4 Å². The van der Waals surface area contributed by atoms with Gasteiger partial charge >= 0.3 is 12.3 Å². The van der Waals surface area contributed by atoms with Crippen LogP contribution in [-0.4, -0.2) is 24.8 Å². The average Bonchev–Trinajstić information content (AvgIpc) is 2.25. The lowest BCUT2D eigenvalue weighted by Crippen LogP contribution is -2.23. The molecular weight excluding hydrogens is 289 g/mol. The molecular formula is C10H8ClF3N2O3. The predicted octanol–water partition coefficient (Wildman–Crippen LogP) is 2.55. The molecule has 0 aliphatic rings. The standard InChI is InChI=1S/C10H8ClF3N2O3/c11-7-3-5(1-2-6(7)8(15)17)16-9(18)19-4-10(12,13)14/h1-3H,4H2,(H2,15,17)(H,16,18). The molecule has 3 N–H and O–H groups in total. The molecule has 104 valence electrons. The smallest absolute Gasteiger partial charge is 0.422 e.